The highest BCUT2D eigenvalue weighted by molar-refractivity contribution is 5.72. The maximum atomic E-state index is 10.7. The Balaban J connectivity index is 0.000000896. The molecule has 0 aromatic heterocycles. The number of hydrazine groups is 4. The molecule has 1 amide bonds. The molecule has 0 aromatic rings. The van der Waals surface area contributed by atoms with Crippen molar-refractivity contribution >= 4 is 5.91 Å². The van der Waals surface area contributed by atoms with E-state index in [9.17, 15) is 45.3 Å². The van der Waals surface area contributed by atoms with Crippen molar-refractivity contribution in [3.05, 3.63) is 40.5 Å². The molecule has 0 spiro atoms. The first-order valence-electron chi connectivity index (χ1n) is 6.61. The summed E-state index contributed by atoms with van der Waals surface area (Å²) in [7, 11) is 3.45. The van der Waals surface area contributed by atoms with Crippen LogP contribution in [0.25, 0.3) is 0 Å². The Kier molecular flexibility index (Phi) is 8.17. The van der Waals surface area contributed by atoms with E-state index in [1.165, 1.54) is 11.8 Å². The normalized spacial score (nSPS) is 14.4. The van der Waals surface area contributed by atoms with Gasteiger partial charge < -0.3 is 4.90 Å². The molecule has 0 N–H and O–H groups in total. The van der Waals surface area contributed by atoms with Gasteiger partial charge >= 0.3 is 0 Å². The van der Waals surface area contributed by atoms with Crippen LogP contribution in [0.1, 0.15) is 6.92 Å². The number of hydrogen-bond acceptors (Lipinski definition) is 9. The minimum atomic E-state index is -1.06. The summed E-state index contributed by atoms with van der Waals surface area (Å²) in [6, 6.07) is 0. The first-order chi connectivity index (χ1) is 11.9. The van der Waals surface area contributed by atoms with Crippen LogP contribution in [0.5, 0.6) is 0 Å². The Morgan fingerprint density at radius 2 is 0.846 bits per heavy atom. The average Bonchev–Trinajstić information content (AvgIpc) is 2.46. The number of hydrogen-bond donors (Lipinski definition) is 0. The second kappa shape index (κ2) is 9.54. The summed E-state index contributed by atoms with van der Waals surface area (Å²) in [6.45, 7) is -2.27. The van der Waals surface area contributed by atoms with Gasteiger partial charge in [-0.05, 0) is 0 Å². The van der Waals surface area contributed by atoms with E-state index in [1.54, 1.807) is 14.1 Å². The van der Waals surface area contributed by atoms with Crippen LogP contribution in [0, 0.1) is 40.5 Å². The van der Waals surface area contributed by atoms with Crippen LogP contribution in [0.3, 0.4) is 0 Å². The molecule has 0 saturated carbocycles. The molecule has 0 radical (unpaired) electrons. The molecule has 148 valence electrons. The molecule has 1 aliphatic rings. The fraction of sp³-hybridized carbons (Fsp3) is 0.875. The lowest BCUT2D eigenvalue weighted by Gasteiger charge is -2.27. The number of carbonyl (C=O) groups is 1. The fourth-order valence-corrected chi connectivity index (χ4v) is 1.35. The molecular weight excluding hydrogens is 366 g/mol. The van der Waals surface area contributed by atoms with Crippen LogP contribution in [0.4, 0.5) is 0 Å². The van der Waals surface area contributed by atoms with Gasteiger partial charge in [0.05, 0.1) is 0 Å². The Morgan fingerprint density at radius 3 is 0.923 bits per heavy atom. The standard InChI is InChI=1S/C4H8N8O8.C4H9NO/c13-9(14)5-1-6(10(15)16)3-8(12(19)20)4-7(2-5)11(17)18;1-4(6)5(2)3/h1-4H2;1-3H3. The number of nitrogens with zero attached hydrogens (tertiary/aromatic N) is 9. The Morgan fingerprint density at radius 1 is 0.692 bits per heavy atom. The van der Waals surface area contributed by atoms with Gasteiger partial charge in [-0.3, -0.25) is 4.79 Å². The largest absolute Gasteiger partial charge is 0.349 e. The molecule has 0 aromatic carbocycles. The van der Waals surface area contributed by atoms with Gasteiger partial charge in [-0.2, -0.15) is 0 Å². The van der Waals surface area contributed by atoms with Crippen LogP contribution in [0.15, 0.2) is 0 Å². The van der Waals surface area contributed by atoms with E-state index in [0.717, 1.165) is 0 Å². The van der Waals surface area contributed by atoms with E-state index in [4.69, 9.17) is 0 Å². The van der Waals surface area contributed by atoms with Crippen molar-refractivity contribution in [2.45, 2.75) is 6.92 Å². The molecule has 26 heavy (non-hydrogen) atoms. The summed E-state index contributed by atoms with van der Waals surface area (Å²) in [6.07, 6.45) is 0. The third-order valence-electron chi connectivity index (χ3n) is 2.86. The minimum absolute atomic E-state index is 0.0926. The van der Waals surface area contributed by atoms with Crippen molar-refractivity contribution in [1.82, 2.24) is 24.9 Å². The van der Waals surface area contributed by atoms with E-state index in [-0.39, 0.29) is 25.9 Å². The van der Waals surface area contributed by atoms with Crippen LogP contribution in [-0.2, 0) is 4.79 Å². The number of carbonyl (C=O) groups excluding carboxylic acids is 1. The molecule has 1 saturated heterocycles. The van der Waals surface area contributed by atoms with Crippen LogP contribution >= 0.6 is 0 Å². The quantitative estimate of drug-likeness (QED) is 0.377. The highest BCUT2D eigenvalue weighted by Crippen LogP contribution is 2.07. The van der Waals surface area contributed by atoms with Crippen molar-refractivity contribution in [3.63, 3.8) is 0 Å². The van der Waals surface area contributed by atoms with Gasteiger partial charge in [0.1, 0.15) is 0 Å². The molecule has 18 heteroatoms. The lowest BCUT2D eigenvalue weighted by Crippen LogP contribution is -2.59. The van der Waals surface area contributed by atoms with Crippen molar-refractivity contribution in [2.75, 3.05) is 40.8 Å². The van der Waals surface area contributed by atoms with Crippen molar-refractivity contribution in [1.29, 1.82) is 0 Å². The molecular formula is C8H17N9O9. The number of nitro groups is 4. The zero-order chi connectivity index (χ0) is 20.6. The van der Waals surface area contributed by atoms with Gasteiger partial charge in [0.2, 0.25) is 32.6 Å². The molecule has 0 unspecified atom stereocenters. The summed E-state index contributed by atoms with van der Waals surface area (Å²) in [5.41, 5.74) is 0. The third-order valence-corrected chi connectivity index (χ3v) is 2.86. The Hall–Kier alpha value is -3.73. The topological polar surface area (TPSA) is 206 Å². The molecule has 1 rings (SSSR count). The van der Waals surface area contributed by atoms with Crippen molar-refractivity contribution < 1.29 is 24.9 Å². The Bertz CT molecular complexity index is 481. The van der Waals surface area contributed by atoms with Crippen LogP contribution in [-0.4, -0.2) is 91.7 Å². The maximum absolute atomic E-state index is 10.7. The zero-order valence-corrected chi connectivity index (χ0v) is 14.0. The van der Waals surface area contributed by atoms with Crippen LogP contribution < -0.4 is 0 Å². The van der Waals surface area contributed by atoms with Crippen molar-refractivity contribution in [3.8, 4) is 0 Å². The summed E-state index contributed by atoms with van der Waals surface area (Å²) in [4.78, 5) is 54.2. The summed E-state index contributed by atoms with van der Waals surface area (Å²) in [5, 5.41) is 39.2. The summed E-state index contributed by atoms with van der Waals surface area (Å²) in [5.74, 6) is 0.0926. The molecule has 1 heterocycles. The first kappa shape index (κ1) is 22.3. The molecule has 0 atom stereocenters. The van der Waals surface area contributed by atoms with Gasteiger partial charge in [-0.1, -0.05) is 20.0 Å². The monoisotopic (exact) mass is 383 g/mol. The van der Waals surface area contributed by atoms with E-state index < -0.39 is 46.8 Å². The SMILES string of the molecule is CC(=O)N(C)C.O=[N+]([O-])N1CN([N+](=O)[O-])CN([N+](=O)[O-])CN([N+](=O)[O-])C1. The zero-order valence-electron chi connectivity index (χ0n) is 14.0. The second-order valence-corrected chi connectivity index (χ2v) is 4.96. The molecule has 0 aliphatic carbocycles. The molecule has 18 nitrogen and oxygen atoms in total. The lowest BCUT2D eigenvalue weighted by atomic mass is 10.7. The Labute approximate surface area is 145 Å². The second-order valence-electron chi connectivity index (χ2n) is 4.96. The number of rotatable bonds is 4. The molecule has 0 bridgehead atoms. The van der Waals surface area contributed by atoms with E-state index in [2.05, 4.69) is 0 Å². The maximum Gasteiger partial charge on any atom is 0.218 e. The van der Waals surface area contributed by atoms with E-state index in [0.29, 0.717) is 0 Å². The average molecular weight is 383 g/mol. The summed E-state index contributed by atoms with van der Waals surface area (Å²) < 4.78 is 0. The van der Waals surface area contributed by atoms with Gasteiger partial charge in [0.15, 0.2) is 20.1 Å². The van der Waals surface area contributed by atoms with Gasteiger partial charge in [0, 0.05) is 21.0 Å². The third kappa shape index (κ3) is 7.23. The van der Waals surface area contributed by atoms with E-state index >= 15 is 0 Å². The summed E-state index contributed by atoms with van der Waals surface area (Å²) >= 11 is 0. The molecule has 1 fully saturated rings. The fourth-order valence-electron chi connectivity index (χ4n) is 1.35. The predicted octanol–water partition coefficient (Wildman–Crippen LogP) is -2.10. The first-order valence-corrected chi connectivity index (χ1v) is 6.61. The van der Waals surface area contributed by atoms with Gasteiger partial charge in [-0.15, -0.1) is 0 Å². The van der Waals surface area contributed by atoms with E-state index in [1.807, 2.05) is 0 Å². The smallest absolute Gasteiger partial charge is 0.218 e. The minimum Gasteiger partial charge on any atom is -0.349 e. The van der Waals surface area contributed by atoms with Gasteiger partial charge in [-0.25, -0.2) is 40.5 Å². The highest BCUT2D eigenvalue weighted by atomic mass is 16.7. The molecule has 1 aliphatic heterocycles. The number of amides is 1. The lowest BCUT2D eigenvalue weighted by molar-refractivity contribution is -0.775. The highest BCUT2D eigenvalue weighted by Gasteiger charge is 2.39. The van der Waals surface area contributed by atoms with Gasteiger partial charge in [0.25, 0.3) is 0 Å². The predicted molar refractivity (Wildman–Crippen MR) is 79.2 cm³/mol. The van der Waals surface area contributed by atoms with Crippen LogP contribution in [0.2, 0.25) is 0 Å². The van der Waals surface area contributed by atoms with Crippen molar-refractivity contribution in [2.24, 2.45) is 0 Å².